The second-order valence-electron chi connectivity index (χ2n) is 2.75. The van der Waals surface area contributed by atoms with Gasteiger partial charge in [-0.05, 0) is 0 Å². The molecule has 1 unspecified atom stereocenters. The van der Waals surface area contributed by atoms with Crippen LogP contribution in [0, 0.1) is 0 Å². The van der Waals surface area contributed by atoms with E-state index in [4.69, 9.17) is 0 Å². The van der Waals surface area contributed by atoms with E-state index in [0.717, 1.165) is 3.63 Å². The molecule has 0 amide bonds. The molecule has 12 heavy (non-hydrogen) atoms. The predicted octanol–water partition coefficient (Wildman–Crippen LogP) is -0.111. The first-order valence-electron chi connectivity index (χ1n) is 3.86. The maximum Gasteiger partial charge on any atom is -1.00 e. The molecule has 0 N–H and O–H groups in total. The Labute approximate surface area is 91.0 Å². The second kappa shape index (κ2) is 4.39. The van der Waals surface area contributed by atoms with E-state index in [0.29, 0.717) is 0 Å². The summed E-state index contributed by atoms with van der Waals surface area (Å²) in [4.78, 5) is 0. The number of hydrogen-bond acceptors (Lipinski definition) is 0. The van der Waals surface area contributed by atoms with Crippen LogP contribution < -0.4 is 12.4 Å². The van der Waals surface area contributed by atoms with E-state index in [1.807, 2.05) is 0 Å². The molecular weight excluding hydrogens is 247 g/mol. The van der Waals surface area contributed by atoms with Gasteiger partial charge in [0.05, 0.1) is 0 Å². The summed E-state index contributed by atoms with van der Waals surface area (Å²) in [5.74, 6) is 0. The van der Waals surface area contributed by atoms with Crippen molar-refractivity contribution in [1.29, 1.82) is 0 Å². The van der Waals surface area contributed by atoms with Gasteiger partial charge in [-0.25, -0.2) is 0 Å². The fourth-order valence-electron chi connectivity index (χ4n) is 1.50. The molecule has 0 fully saturated rings. The van der Waals surface area contributed by atoms with E-state index in [-0.39, 0.29) is 35.6 Å². The van der Waals surface area contributed by atoms with Gasteiger partial charge in [0.25, 0.3) is 0 Å². The Kier molecular flexibility index (Phi) is 3.74. The largest absolute Gasteiger partial charge is 1.00 e. The van der Waals surface area contributed by atoms with Crippen molar-refractivity contribution in [3.05, 3.63) is 41.5 Å². The third-order valence-electron chi connectivity index (χ3n) is 2.11. The van der Waals surface area contributed by atoms with Crippen LogP contribution in [0.25, 0.3) is 6.08 Å². The van der Waals surface area contributed by atoms with Gasteiger partial charge in [0.15, 0.2) is 0 Å². The van der Waals surface area contributed by atoms with Crippen LogP contribution >= 0.6 is 0 Å². The van der Waals surface area contributed by atoms with Crippen molar-refractivity contribution in [3.8, 4) is 0 Å². The van der Waals surface area contributed by atoms with Crippen LogP contribution in [0.4, 0.5) is 0 Å². The van der Waals surface area contributed by atoms with Crippen LogP contribution in [0.3, 0.4) is 0 Å². The predicted molar refractivity (Wildman–Crippen MR) is 44.1 cm³/mol. The molecule has 1 aliphatic carbocycles. The zero-order chi connectivity index (χ0) is 7.68. The van der Waals surface area contributed by atoms with E-state index in [1.54, 1.807) is 5.56 Å². The summed E-state index contributed by atoms with van der Waals surface area (Å²) in [7, 11) is 0. The molecular formula is C10H10ClZr. The molecule has 0 aliphatic heterocycles. The average Bonchev–Trinajstić information content (AvgIpc) is 2.47. The molecule has 0 aromatic heterocycles. The molecule has 61 valence electrons. The van der Waals surface area contributed by atoms with E-state index in [9.17, 15) is 0 Å². The minimum atomic E-state index is -0.156. The number of benzene rings is 1. The zero-order valence-electron chi connectivity index (χ0n) is 6.92. The molecule has 2 heteroatoms. The van der Waals surface area contributed by atoms with E-state index in [2.05, 4.69) is 41.0 Å². The molecule has 0 saturated carbocycles. The molecule has 1 aliphatic rings. The summed E-state index contributed by atoms with van der Waals surface area (Å²) >= 11 is -0.156. The van der Waals surface area contributed by atoms with Gasteiger partial charge in [0.1, 0.15) is 0 Å². The molecule has 0 radical (unpaired) electrons. The molecule has 0 bridgehead atoms. The van der Waals surface area contributed by atoms with Crippen molar-refractivity contribution in [2.45, 2.75) is 8.26 Å². The maximum atomic E-state index is 2.40. The van der Waals surface area contributed by atoms with Crippen LogP contribution in [0.1, 0.15) is 14.8 Å². The Morgan fingerprint density at radius 3 is 2.75 bits per heavy atom. The molecule has 2 rings (SSSR count). The van der Waals surface area contributed by atoms with Crippen LogP contribution in [0.15, 0.2) is 30.3 Å². The average molecular weight is 257 g/mol. The van der Waals surface area contributed by atoms with Gasteiger partial charge in [0.2, 0.25) is 0 Å². The Morgan fingerprint density at radius 1 is 1.25 bits per heavy atom. The summed E-state index contributed by atoms with van der Waals surface area (Å²) in [6.07, 6.45) is 4.64. The van der Waals surface area contributed by atoms with Gasteiger partial charge in [0, 0.05) is 0 Å². The first kappa shape index (κ1) is 10.2. The number of rotatable bonds is 1. The SMILES string of the molecule is [CH3][Zr+][CH]1C=Cc2ccccc21.[Cl-]. The summed E-state index contributed by atoms with van der Waals surface area (Å²) in [6, 6.07) is 8.74. The van der Waals surface area contributed by atoms with Crippen LogP contribution in [0.2, 0.25) is 4.63 Å². The number of hydrogen-bond donors (Lipinski definition) is 0. The molecule has 1 aromatic rings. The van der Waals surface area contributed by atoms with Gasteiger partial charge in [-0.15, -0.1) is 0 Å². The van der Waals surface area contributed by atoms with Gasteiger partial charge in [-0.2, -0.15) is 0 Å². The van der Waals surface area contributed by atoms with Crippen molar-refractivity contribution in [2.24, 2.45) is 0 Å². The minimum absolute atomic E-state index is 0. The minimum Gasteiger partial charge on any atom is -1.00 e. The van der Waals surface area contributed by atoms with Crippen molar-refractivity contribution in [1.82, 2.24) is 0 Å². The Bertz CT molecular complexity index is 294. The van der Waals surface area contributed by atoms with Crippen molar-refractivity contribution in [3.63, 3.8) is 0 Å². The number of halogens is 1. The fraction of sp³-hybridized carbons (Fsp3) is 0.200. The normalized spacial score (nSPS) is 17.9. The molecule has 1 atom stereocenters. The van der Waals surface area contributed by atoms with Crippen molar-refractivity contribution < 1.29 is 35.6 Å². The molecule has 0 spiro atoms. The first-order valence-corrected chi connectivity index (χ1v) is 7.74. The number of allylic oxidation sites excluding steroid dienone is 1. The smallest absolute Gasteiger partial charge is 1.00 e. The first-order chi connectivity index (χ1) is 5.42. The van der Waals surface area contributed by atoms with E-state index in [1.165, 1.54) is 5.56 Å². The molecule has 1 aromatic carbocycles. The van der Waals surface area contributed by atoms with Gasteiger partial charge < -0.3 is 12.4 Å². The monoisotopic (exact) mass is 255 g/mol. The number of fused-ring (bicyclic) bond motifs is 1. The van der Waals surface area contributed by atoms with Crippen molar-refractivity contribution in [2.75, 3.05) is 0 Å². The second-order valence-corrected chi connectivity index (χ2v) is 5.70. The summed E-state index contributed by atoms with van der Waals surface area (Å²) in [5, 5.41) is 0. The summed E-state index contributed by atoms with van der Waals surface area (Å²) < 4.78 is 3.25. The molecule has 0 heterocycles. The topological polar surface area (TPSA) is 0 Å². The Hall–Kier alpha value is 0.133. The van der Waals surface area contributed by atoms with E-state index < -0.39 is 0 Å². The van der Waals surface area contributed by atoms with Crippen molar-refractivity contribution >= 4 is 6.08 Å². The van der Waals surface area contributed by atoms with Crippen LogP contribution in [0.5, 0.6) is 0 Å². The standard InChI is InChI=1S/C9H7.CH3.ClH.Zr/c1-2-5-9-7-3-6-8(9)4-1;;;/h1-7H;1H3;1H;/q;;;+1/p-1. The Balaban J connectivity index is 0.000000720. The Morgan fingerprint density at radius 2 is 2.00 bits per heavy atom. The van der Waals surface area contributed by atoms with E-state index >= 15 is 0 Å². The van der Waals surface area contributed by atoms with Crippen LogP contribution in [-0.2, 0) is 23.2 Å². The fourth-order valence-corrected chi connectivity index (χ4v) is 3.62. The van der Waals surface area contributed by atoms with Gasteiger partial charge in [-0.1, -0.05) is 0 Å². The maximum absolute atomic E-state index is 2.40. The summed E-state index contributed by atoms with van der Waals surface area (Å²) in [5.41, 5.74) is 3.02. The summed E-state index contributed by atoms with van der Waals surface area (Å²) in [6.45, 7) is 0. The van der Waals surface area contributed by atoms with Gasteiger partial charge in [-0.3, -0.25) is 0 Å². The third-order valence-corrected chi connectivity index (χ3v) is 4.88. The zero-order valence-corrected chi connectivity index (χ0v) is 10.1. The third kappa shape index (κ3) is 1.73. The molecule has 0 nitrogen and oxygen atoms in total. The van der Waals surface area contributed by atoms with Gasteiger partial charge >= 0.3 is 79.0 Å². The molecule has 0 saturated heterocycles. The van der Waals surface area contributed by atoms with Crippen LogP contribution in [-0.4, -0.2) is 0 Å². The quantitative estimate of drug-likeness (QED) is 0.658.